The summed E-state index contributed by atoms with van der Waals surface area (Å²) in [4.78, 5) is 12.3. The fourth-order valence-corrected chi connectivity index (χ4v) is 3.34. The van der Waals surface area contributed by atoms with Gasteiger partial charge in [0, 0.05) is 23.7 Å². The van der Waals surface area contributed by atoms with Gasteiger partial charge < -0.3 is 15.7 Å². The van der Waals surface area contributed by atoms with Crippen LogP contribution in [0.15, 0.2) is 18.2 Å². The minimum Gasteiger partial charge on any atom is -0.508 e. The second-order valence-corrected chi connectivity index (χ2v) is 5.78. The van der Waals surface area contributed by atoms with Crippen molar-refractivity contribution in [2.75, 3.05) is 0 Å². The SMILES string of the molecule is Cc1cc(O)ccc1C(=O)NC1CC2CCC(C1)N2. The summed E-state index contributed by atoms with van der Waals surface area (Å²) in [6.45, 7) is 1.85. The maximum atomic E-state index is 12.3. The summed E-state index contributed by atoms with van der Waals surface area (Å²) in [7, 11) is 0. The molecule has 1 aromatic carbocycles. The van der Waals surface area contributed by atoms with Crippen molar-refractivity contribution in [1.82, 2.24) is 10.6 Å². The molecule has 2 heterocycles. The predicted molar refractivity (Wildman–Crippen MR) is 73.3 cm³/mol. The maximum absolute atomic E-state index is 12.3. The van der Waals surface area contributed by atoms with Crippen molar-refractivity contribution in [2.45, 2.75) is 50.7 Å². The summed E-state index contributed by atoms with van der Waals surface area (Å²) < 4.78 is 0. The van der Waals surface area contributed by atoms with Gasteiger partial charge in [0.2, 0.25) is 0 Å². The van der Waals surface area contributed by atoms with Gasteiger partial charge in [-0.2, -0.15) is 0 Å². The summed E-state index contributed by atoms with van der Waals surface area (Å²) in [5, 5.41) is 16.1. The third-order valence-corrected chi connectivity index (χ3v) is 4.26. The Labute approximate surface area is 113 Å². The number of rotatable bonds is 2. The molecule has 3 N–H and O–H groups in total. The molecule has 4 nitrogen and oxygen atoms in total. The monoisotopic (exact) mass is 260 g/mol. The van der Waals surface area contributed by atoms with E-state index in [1.165, 1.54) is 12.8 Å². The first-order chi connectivity index (χ1) is 9.11. The van der Waals surface area contributed by atoms with Crippen molar-refractivity contribution in [3.63, 3.8) is 0 Å². The minimum absolute atomic E-state index is 0.0243. The first-order valence-electron chi connectivity index (χ1n) is 6.98. The van der Waals surface area contributed by atoms with E-state index in [1.807, 2.05) is 6.92 Å². The molecule has 2 fully saturated rings. The number of amides is 1. The third-order valence-electron chi connectivity index (χ3n) is 4.26. The Hall–Kier alpha value is -1.55. The molecule has 2 saturated heterocycles. The number of aryl methyl sites for hydroxylation is 1. The molecule has 2 aliphatic heterocycles. The van der Waals surface area contributed by atoms with Crippen LogP contribution in [0.25, 0.3) is 0 Å². The Bertz CT molecular complexity index is 489. The summed E-state index contributed by atoms with van der Waals surface area (Å²) in [6, 6.07) is 6.31. The molecule has 0 saturated carbocycles. The number of benzene rings is 1. The molecule has 0 radical (unpaired) electrons. The van der Waals surface area contributed by atoms with Gasteiger partial charge in [0.25, 0.3) is 5.91 Å². The highest BCUT2D eigenvalue weighted by molar-refractivity contribution is 5.96. The summed E-state index contributed by atoms with van der Waals surface area (Å²) in [5.41, 5.74) is 1.47. The molecule has 2 bridgehead atoms. The van der Waals surface area contributed by atoms with Crippen molar-refractivity contribution in [1.29, 1.82) is 0 Å². The highest BCUT2D eigenvalue weighted by atomic mass is 16.3. The lowest BCUT2D eigenvalue weighted by Gasteiger charge is -2.29. The van der Waals surface area contributed by atoms with Crippen LogP contribution in [0.5, 0.6) is 5.75 Å². The topological polar surface area (TPSA) is 61.4 Å². The molecule has 19 heavy (non-hydrogen) atoms. The largest absolute Gasteiger partial charge is 0.508 e. The van der Waals surface area contributed by atoms with Crippen molar-refractivity contribution in [3.8, 4) is 5.75 Å². The highest BCUT2D eigenvalue weighted by Gasteiger charge is 2.34. The van der Waals surface area contributed by atoms with Crippen molar-refractivity contribution < 1.29 is 9.90 Å². The van der Waals surface area contributed by atoms with Crippen molar-refractivity contribution in [2.24, 2.45) is 0 Å². The number of carbonyl (C=O) groups excluding carboxylic acids is 1. The van der Waals surface area contributed by atoms with Crippen LogP contribution in [-0.4, -0.2) is 29.1 Å². The first-order valence-corrected chi connectivity index (χ1v) is 6.98. The van der Waals surface area contributed by atoms with E-state index in [2.05, 4.69) is 10.6 Å². The smallest absolute Gasteiger partial charge is 0.251 e. The number of fused-ring (bicyclic) bond motifs is 2. The fraction of sp³-hybridized carbons (Fsp3) is 0.533. The Morgan fingerprint density at radius 2 is 2.00 bits per heavy atom. The van der Waals surface area contributed by atoms with Crippen LogP contribution < -0.4 is 10.6 Å². The number of nitrogens with one attached hydrogen (secondary N) is 2. The van der Waals surface area contributed by atoms with Crippen LogP contribution in [0.3, 0.4) is 0 Å². The zero-order valence-electron chi connectivity index (χ0n) is 11.1. The third kappa shape index (κ3) is 2.59. The van der Waals surface area contributed by atoms with E-state index >= 15 is 0 Å². The lowest BCUT2D eigenvalue weighted by atomic mass is 9.99. The van der Waals surface area contributed by atoms with E-state index < -0.39 is 0 Å². The molecule has 1 amide bonds. The molecular formula is C15H20N2O2. The predicted octanol–water partition coefficient (Wildman–Crippen LogP) is 1.71. The standard InChI is InChI=1S/C15H20N2O2/c1-9-6-13(18)4-5-14(9)15(19)17-12-7-10-2-3-11(8-12)16-10/h4-6,10-12,16,18H,2-3,7-8H2,1H3,(H,17,19). The van der Waals surface area contributed by atoms with Gasteiger partial charge in [0.15, 0.2) is 0 Å². The van der Waals surface area contributed by atoms with E-state index in [1.54, 1.807) is 18.2 Å². The number of phenolic OH excluding ortho intramolecular Hbond substituents is 1. The molecule has 3 rings (SSSR count). The Balaban J connectivity index is 1.68. The molecule has 0 aromatic heterocycles. The molecular weight excluding hydrogens is 240 g/mol. The van der Waals surface area contributed by atoms with E-state index in [-0.39, 0.29) is 17.7 Å². The Morgan fingerprint density at radius 1 is 1.32 bits per heavy atom. The van der Waals surface area contributed by atoms with Gasteiger partial charge in [-0.25, -0.2) is 0 Å². The zero-order chi connectivity index (χ0) is 13.4. The van der Waals surface area contributed by atoms with Crippen LogP contribution in [0.4, 0.5) is 0 Å². The number of hydrogen-bond acceptors (Lipinski definition) is 3. The Kier molecular flexibility index (Phi) is 3.19. The van der Waals surface area contributed by atoms with E-state index in [4.69, 9.17) is 0 Å². The molecule has 1 aromatic rings. The van der Waals surface area contributed by atoms with Crippen LogP contribution in [0.1, 0.15) is 41.6 Å². The summed E-state index contributed by atoms with van der Waals surface area (Å²) in [6.07, 6.45) is 4.52. The Morgan fingerprint density at radius 3 is 2.63 bits per heavy atom. The molecule has 0 spiro atoms. The highest BCUT2D eigenvalue weighted by Crippen LogP contribution is 2.27. The van der Waals surface area contributed by atoms with E-state index in [0.717, 1.165) is 18.4 Å². The van der Waals surface area contributed by atoms with Crippen LogP contribution >= 0.6 is 0 Å². The maximum Gasteiger partial charge on any atom is 0.251 e. The minimum atomic E-state index is -0.0243. The van der Waals surface area contributed by atoms with Crippen LogP contribution in [0.2, 0.25) is 0 Å². The lowest BCUT2D eigenvalue weighted by Crippen LogP contribution is -2.48. The second-order valence-electron chi connectivity index (χ2n) is 5.78. The van der Waals surface area contributed by atoms with Crippen LogP contribution in [-0.2, 0) is 0 Å². The van der Waals surface area contributed by atoms with Gasteiger partial charge in [-0.3, -0.25) is 4.79 Å². The number of phenols is 1. The summed E-state index contributed by atoms with van der Waals surface area (Å²) in [5.74, 6) is 0.178. The van der Waals surface area contributed by atoms with Gasteiger partial charge in [0.05, 0.1) is 0 Å². The van der Waals surface area contributed by atoms with Crippen molar-refractivity contribution in [3.05, 3.63) is 29.3 Å². The first kappa shape index (κ1) is 12.5. The fourth-order valence-electron chi connectivity index (χ4n) is 3.34. The molecule has 2 aliphatic rings. The lowest BCUT2D eigenvalue weighted by molar-refractivity contribution is 0.0923. The van der Waals surface area contributed by atoms with Crippen molar-refractivity contribution >= 4 is 5.91 Å². The number of carbonyl (C=O) groups is 1. The zero-order valence-corrected chi connectivity index (χ0v) is 11.1. The average molecular weight is 260 g/mol. The van der Waals surface area contributed by atoms with Gasteiger partial charge in [0.1, 0.15) is 5.75 Å². The molecule has 0 aliphatic carbocycles. The molecule has 102 valence electrons. The molecule has 4 heteroatoms. The molecule has 2 atom stereocenters. The van der Waals surface area contributed by atoms with Gasteiger partial charge >= 0.3 is 0 Å². The van der Waals surface area contributed by atoms with E-state index in [9.17, 15) is 9.90 Å². The second kappa shape index (κ2) is 4.85. The van der Waals surface area contributed by atoms with E-state index in [0.29, 0.717) is 17.6 Å². The molecule has 2 unspecified atom stereocenters. The van der Waals surface area contributed by atoms with Crippen LogP contribution in [0, 0.1) is 6.92 Å². The number of hydrogen-bond donors (Lipinski definition) is 3. The average Bonchev–Trinajstić information content (AvgIpc) is 2.68. The summed E-state index contributed by atoms with van der Waals surface area (Å²) >= 11 is 0. The van der Waals surface area contributed by atoms with Gasteiger partial charge in [-0.15, -0.1) is 0 Å². The van der Waals surface area contributed by atoms with Gasteiger partial charge in [-0.1, -0.05) is 0 Å². The quantitative estimate of drug-likeness (QED) is 0.758. The van der Waals surface area contributed by atoms with Gasteiger partial charge in [-0.05, 0) is 56.4 Å². The number of piperidine rings is 1. The normalized spacial score (nSPS) is 29.2. The number of aromatic hydroxyl groups is 1.